The van der Waals surface area contributed by atoms with E-state index in [0.717, 1.165) is 25.9 Å². The molecule has 0 unspecified atom stereocenters. The SMILES string of the molecule is CCc1ccccc1-n1ncc2c1CNCC2. The highest BCUT2D eigenvalue weighted by Gasteiger charge is 2.16. The van der Waals surface area contributed by atoms with Gasteiger partial charge in [-0.05, 0) is 36.6 Å². The predicted molar refractivity (Wildman–Crippen MR) is 68.4 cm³/mol. The molecule has 1 N–H and O–H groups in total. The Morgan fingerprint density at radius 1 is 1.35 bits per heavy atom. The third-order valence-corrected chi connectivity index (χ3v) is 3.42. The summed E-state index contributed by atoms with van der Waals surface area (Å²) >= 11 is 0. The summed E-state index contributed by atoms with van der Waals surface area (Å²) < 4.78 is 2.10. The van der Waals surface area contributed by atoms with E-state index in [9.17, 15) is 0 Å². The molecule has 0 atom stereocenters. The van der Waals surface area contributed by atoms with Crippen LogP contribution in [0.15, 0.2) is 30.5 Å². The van der Waals surface area contributed by atoms with Crippen molar-refractivity contribution in [3.05, 3.63) is 47.3 Å². The van der Waals surface area contributed by atoms with Crippen LogP contribution in [0.1, 0.15) is 23.7 Å². The van der Waals surface area contributed by atoms with Crippen LogP contribution in [0.3, 0.4) is 0 Å². The first-order valence-electron chi connectivity index (χ1n) is 6.25. The third kappa shape index (κ3) is 1.76. The van der Waals surface area contributed by atoms with Crippen LogP contribution < -0.4 is 5.32 Å². The topological polar surface area (TPSA) is 29.9 Å². The number of fused-ring (bicyclic) bond motifs is 1. The zero-order valence-electron chi connectivity index (χ0n) is 10.1. The molecule has 0 saturated carbocycles. The van der Waals surface area contributed by atoms with E-state index in [1.807, 2.05) is 6.20 Å². The molecular weight excluding hydrogens is 210 g/mol. The minimum absolute atomic E-state index is 0.924. The molecule has 1 aliphatic heterocycles. The Balaban J connectivity index is 2.12. The summed E-state index contributed by atoms with van der Waals surface area (Å²) in [6.07, 6.45) is 4.14. The first kappa shape index (κ1) is 10.5. The molecule has 0 spiro atoms. The van der Waals surface area contributed by atoms with Crippen LogP contribution in [0.2, 0.25) is 0 Å². The average Bonchev–Trinajstić information content (AvgIpc) is 2.82. The van der Waals surface area contributed by atoms with Crippen LogP contribution in [0.25, 0.3) is 5.69 Å². The monoisotopic (exact) mass is 227 g/mol. The van der Waals surface area contributed by atoms with Crippen molar-refractivity contribution in [1.29, 1.82) is 0 Å². The van der Waals surface area contributed by atoms with E-state index in [-0.39, 0.29) is 0 Å². The maximum absolute atomic E-state index is 4.55. The normalized spacial score (nSPS) is 14.6. The van der Waals surface area contributed by atoms with E-state index in [1.165, 1.54) is 22.5 Å². The Bertz CT molecular complexity index is 528. The first-order valence-corrected chi connectivity index (χ1v) is 6.25. The Labute approximate surface area is 101 Å². The summed E-state index contributed by atoms with van der Waals surface area (Å²) in [5.74, 6) is 0. The third-order valence-electron chi connectivity index (χ3n) is 3.42. The molecule has 17 heavy (non-hydrogen) atoms. The molecule has 0 amide bonds. The fourth-order valence-corrected chi connectivity index (χ4v) is 2.46. The number of nitrogens with one attached hydrogen (secondary N) is 1. The van der Waals surface area contributed by atoms with E-state index in [1.54, 1.807) is 0 Å². The largest absolute Gasteiger partial charge is 0.311 e. The summed E-state index contributed by atoms with van der Waals surface area (Å²) in [5, 5.41) is 7.97. The van der Waals surface area contributed by atoms with E-state index in [2.05, 4.69) is 46.3 Å². The van der Waals surface area contributed by atoms with Gasteiger partial charge in [-0.3, -0.25) is 0 Å². The van der Waals surface area contributed by atoms with Gasteiger partial charge in [0.25, 0.3) is 0 Å². The maximum Gasteiger partial charge on any atom is 0.0681 e. The highest BCUT2D eigenvalue weighted by atomic mass is 15.3. The smallest absolute Gasteiger partial charge is 0.0681 e. The van der Waals surface area contributed by atoms with Crippen LogP contribution >= 0.6 is 0 Å². The number of rotatable bonds is 2. The molecule has 88 valence electrons. The number of nitrogens with zero attached hydrogens (tertiary/aromatic N) is 2. The Morgan fingerprint density at radius 3 is 3.12 bits per heavy atom. The van der Waals surface area contributed by atoms with Gasteiger partial charge in [-0.15, -0.1) is 0 Å². The van der Waals surface area contributed by atoms with Crippen LogP contribution in [-0.4, -0.2) is 16.3 Å². The Morgan fingerprint density at radius 2 is 2.24 bits per heavy atom. The van der Waals surface area contributed by atoms with E-state index < -0.39 is 0 Å². The standard InChI is InChI=1S/C14H17N3/c1-2-11-5-3-4-6-13(11)17-14-10-15-8-7-12(14)9-16-17/h3-6,9,15H,2,7-8,10H2,1H3. The van der Waals surface area contributed by atoms with Gasteiger partial charge in [0, 0.05) is 6.54 Å². The molecule has 0 radical (unpaired) electrons. The van der Waals surface area contributed by atoms with Gasteiger partial charge in [0.15, 0.2) is 0 Å². The van der Waals surface area contributed by atoms with E-state index >= 15 is 0 Å². The van der Waals surface area contributed by atoms with E-state index in [4.69, 9.17) is 0 Å². The fourth-order valence-electron chi connectivity index (χ4n) is 2.46. The summed E-state index contributed by atoms with van der Waals surface area (Å²) in [6, 6.07) is 8.51. The van der Waals surface area contributed by atoms with Gasteiger partial charge in [0.2, 0.25) is 0 Å². The molecule has 3 rings (SSSR count). The summed E-state index contributed by atoms with van der Waals surface area (Å²) in [6.45, 7) is 4.18. The van der Waals surface area contributed by atoms with Gasteiger partial charge in [-0.25, -0.2) is 4.68 Å². The molecule has 2 heterocycles. The molecule has 1 aliphatic rings. The molecule has 0 bridgehead atoms. The highest BCUT2D eigenvalue weighted by molar-refractivity contribution is 5.43. The molecule has 3 heteroatoms. The molecule has 1 aromatic heterocycles. The summed E-state index contributed by atoms with van der Waals surface area (Å²) in [4.78, 5) is 0. The zero-order valence-corrected chi connectivity index (χ0v) is 10.1. The minimum atomic E-state index is 0.924. The van der Waals surface area contributed by atoms with Crippen LogP contribution in [0.4, 0.5) is 0 Å². The second-order valence-corrected chi connectivity index (χ2v) is 4.44. The van der Waals surface area contributed by atoms with Crippen molar-refractivity contribution >= 4 is 0 Å². The number of hydrogen-bond donors (Lipinski definition) is 1. The van der Waals surface area contributed by atoms with Crippen LogP contribution in [-0.2, 0) is 19.4 Å². The number of benzene rings is 1. The number of hydrogen-bond acceptors (Lipinski definition) is 2. The predicted octanol–water partition coefficient (Wildman–Crippen LogP) is 2.08. The van der Waals surface area contributed by atoms with Crippen molar-refractivity contribution in [2.45, 2.75) is 26.3 Å². The Hall–Kier alpha value is -1.61. The van der Waals surface area contributed by atoms with Crippen molar-refractivity contribution in [3.8, 4) is 5.69 Å². The minimum Gasteiger partial charge on any atom is -0.311 e. The lowest BCUT2D eigenvalue weighted by atomic mass is 10.1. The van der Waals surface area contributed by atoms with Crippen molar-refractivity contribution in [3.63, 3.8) is 0 Å². The second kappa shape index (κ2) is 4.34. The van der Waals surface area contributed by atoms with Gasteiger partial charge in [0.05, 0.1) is 17.6 Å². The molecule has 0 aliphatic carbocycles. The zero-order chi connectivity index (χ0) is 11.7. The van der Waals surface area contributed by atoms with Crippen molar-refractivity contribution in [1.82, 2.24) is 15.1 Å². The summed E-state index contributed by atoms with van der Waals surface area (Å²) in [7, 11) is 0. The average molecular weight is 227 g/mol. The molecule has 2 aromatic rings. The van der Waals surface area contributed by atoms with Gasteiger partial charge in [-0.2, -0.15) is 5.10 Å². The highest BCUT2D eigenvalue weighted by Crippen LogP contribution is 2.20. The van der Waals surface area contributed by atoms with Gasteiger partial charge in [0.1, 0.15) is 0 Å². The number of aromatic nitrogens is 2. The van der Waals surface area contributed by atoms with Gasteiger partial charge in [-0.1, -0.05) is 25.1 Å². The lowest BCUT2D eigenvalue weighted by Gasteiger charge is -2.16. The van der Waals surface area contributed by atoms with Crippen molar-refractivity contribution < 1.29 is 0 Å². The molecule has 0 saturated heterocycles. The van der Waals surface area contributed by atoms with Crippen LogP contribution in [0, 0.1) is 0 Å². The van der Waals surface area contributed by atoms with Crippen molar-refractivity contribution in [2.75, 3.05) is 6.54 Å². The first-order chi connectivity index (χ1) is 8.40. The molecule has 3 nitrogen and oxygen atoms in total. The fraction of sp³-hybridized carbons (Fsp3) is 0.357. The lowest BCUT2D eigenvalue weighted by Crippen LogP contribution is -2.25. The summed E-state index contributed by atoms with van der Waals surface area (Å²) in [5.41, 5.74) is 5.27. The maximum atomic E-state index is 4.55. The lowest BCUT2D eigenvalue weighted by molar-refractivity contribution is 0.613. The Kier molecular flexibility index (Phi) is 2.69. The quantitative estimate of drug-likeness (QED) is 0.851. The van der Waals surface area contributed by atoms with E-state index in [0.29, 0.717) is 0 Å². The number of aryl methyl sites for hydroxylation is 1. The number of para-hydroxylation sites is 1. The van der Waals surface area contributed by atoms with Gasteiger partial charge < -0.3 is 5.32 Å². The second-order valence-electron chi connectivity index (χ2n) is 4.44. The molecule has 0 fully saturated rings. The molecular formula is C14H17N3. The van der Waals surface area contributed by atoms with Crippen LogP contribution in [0.5, 0.6) is 0 Å². The van der Waals surface area contributed by atoms with Gasteiger partial charge >= 0.3 is 0 Å². The molecule has 1 aromatic carbocycles. The van der Waals surface area contributed by atoms with Crippen molar-refractivity contribution in [2.24, 2.45) is 0 Å².